The molecule has 0 bridgehead atoms. The minimum Gasteiger partial charge on any atom is -0.372 e. The summed E-state index contributed by atoms with van der Waals surface area (Å²) in [6.45, 7) is 1.92. The van der Waals surface area contributed by atoms with Gasteiger partial charge >= 0.3 is 0 Å². The molecule has 0 radical (unpaired) electrons. The van der Waals surface area contributed by atoms with Gasteiger partial charge in [0.2, 0.25) is 0 Å². The van der Waals surface area contributed by atoms with Crippen LogP contribution in [0, 0.1) is 17.1 Å². The molecule has 1 atom stereocenters. The summed E-state index contributed by atoms with van der Waals surface area (Å²) in [5, 5.41) is 32.0. The third kappa shape index (κ3) is 5.33. The summed E-state index contributed by atoms with van der Waals surface area (Å²) in [4.78, 5) is 5.50. The molecule has 40 heavy (non-hydrogen) atoms. The Morgan fingerprint density at radius 1 is 1.12 bits per heavy atom. The highest BCUT2D eigenvalue weighted by Gasteiger charge is 2.23. The van der Waals surface area contributed by atoms with Gasteiger partial charge in [0.25, 0.3) is 0 Å². The molecule has 6 rings (SSSR count). The van der Waals surface area contributed by atoms with Crippen LogP contribution in [0.15, 0.2) is 60.2 Å². The van der Waals surface area contributed by atoms with Crippen molar-refractivity contribution in [3.8, 4) is 6.07 Å². The maximum Gasteiger partial charge on any atom is 0.141 e. The molecule has 202 valence electrons. The zero-order valence-electron chi connectivity index (χ0n) is 21.0. The summed E-state index contributed by atoms with van der Waals surface area (Å²) in [5.74, 6) is -0.529. The van der Waals surface area contributed by atoms with Crippen LogP contribution in [0.1, 0.15) is 41.1 Å². The number of hydrogen-bond acceptors (Lipinski definition) is 8. The number of benzene rings is 2. The average molecular weight is 594 g/mol. The highest BCUT2D eigenvalue weighted by molar-refractivity contribution is 7.10. The lowest BCUT2D eigenvalue weighted by molar-refractivity contribution is 0.337. The van der Waals surface area contributed by atoms with Crippen LogP contribution in [0.4, 0.5) is 21.5 Å². The topological polar surface area (TPSA) is 103 Å². The molecule has 1 fully saturated rings. The molecule has 1 saturated heterocycles. The van der Waals surface area contributed by atoms with E-state index in [2.05, 4.69) is 43.4 Å². The molecule has 0 aliphatic carbocycles. The van der Waals surface area contributed by atoms with Crippen LogP contribution in [0.2, 0.25) is 10.0 Å². The fourth-order valence-electron chi connectivity index (χ4n) is 4.87. The molecule has 0 spiro atoms. The zero-order chi connectivity index (χ0) is 27.6. The number of anilines is 3. The first-order valence-corrected chi connectivity index (χ1v) is 14.3. The lowest BCUT2D eigenvalue weighted by Crippen LogP contribution is -2.29. The maximum absolute atomic E-state index is 13.8. The summed E-state index contributed by atoms with van der Waals surface area (Å²) in [6.07, 6.45) is 5.48. The summed E-state index contributed by atoms with van der Waals surface area (Å²) in [5.41, 5.74) is 3.35. The van der Waals surface area contributed by atoms with Crippen molar-refractivity contribution >= 4 is 62.5 Å². The van der Waals surface area contributed by atoms with Gasteiger partial charge in [-0.25, -0.2) is 9.07 Å². The normalized spacial score (nSPS) is 14.7. The number of piperidine rings is 1. The Labute approximate surface area is 243 Å². The molecule has 4 heterocycles. The molecule has 0 amide bonds. The van der Waals surface area contributed by atoms with Crippen LogP contribution >= 0.6 is 34.5 Å². The number of nitrogens with zero attached hydrogens (tertiary/aromatic N) is 5. The van der Waals surface area contributed by atoms with Crippen molar-refractivity contribution in [1.82, 2.24) is 25.3 Å². The van der Waals surface area contributed by atoms with Crippen molar-refractivity contribution in [1.29, 1.82) is 5.26 Å². The standard InChI is InChI=1S/C28H23Cl2FN8S/c29-21-11-17(3-4-23(21)31)35-26-16(13-32)14-34-27-20(26)10-18(12-22(27)30)36-28(25-2-1-9-40-25)24-15-39(38-37-24)19-5-7-33-8-6-19/h1-4,9-12,14-15,19,28,33,36H,5-8H2,(H,34,35). The van der Waals surface area contributed by atoms with Gasteiger partial charge in [-0.1, -0.05) is 34.5 Å². The van der Waals surface area contributed by atoms with Gasteiger partial charge in [0.15, 0.2) is 0 Å². The smallest absolute Gasteiger partial charge is 0.141 e. The summed E-state index contributed by atoms with van der Waals surface area (Å²) in [6, 6.07) is 14.2. The summed E-state index contributed by atoms with van der Waals surface area (Å²) >= 11 is 14.3. The number of hydrogen-bond donors (Lipinski definition) is 3. The van der Waals surface area contributed by atoms with Crippen LogP contribution < -0.4 is 16.0 Å². The van der Waals surface area contributed by atoms with E-state index in [0.717, 1.165) is 36.5 Å². The Morgan fingerprint density at radius 3 is 2.70 bits per heavy atom. The highest BCUT2D eigenvalue weighted by Crippen LogP contribution is 2.37. The predicted molar refractivity (Wildman–Crippen MR) is 157 cm³/mol. The molecular formula is C28H23Cl2FN8S. The van der Waals surface area contributed by atoms with Crippen LogP contribution in [-0.4, -0.2) is 33.1 Å². The van der Waals surface area contributed by atoms with Crippen molar-refractivity contribution in [3.63, 3.8) is 0 Å². The molecule has 8 nitrogen and oxygen atoms in total. The van der Waals surface area contributed by atoms with Crippen molar-refractivity contribution in [2.45, 2.75) is 24.9 Å². The second kappa shape index (κ2) is 11.4. The van der Waals surface area contributed by atoms with E-state index in [0.29, 0.717) is 44.6 Å². The van der Waals surface area contributed by atoms with Gasteiger partial charge in [0, 0.05) is 27.8 Å². The number of thiophene rings is 1. The number of halogens is 3. The second-order valence-corrected chi connectivity index (χ2v) is 11.3. The first-order chi connectivity index (χ1) is 19.5. The molecular weight excluding hydrogens is 570 g/mol. The van der Waals surface area contributed by atoms with Crippen molar-refractivity contribution in [2.24, 2.45) is 0 Å². The Bertz CT molecular complexity index is 1710. The van der Waals surface area contributed by atoms with Crippen LogP contribution in [0.3, 0.4) is 0 Å². The Balaban J connectivity index is 1.39. The number of fused-ring (bicyclic) bond motifs is 1. The SMILES string of the molecule is N#Cc1cnc2c(Cl)cc(NC(c3cn(C4CCNCC4)nn3)c3cccs3)cc2c1Nc1ccc(F)c(Cl)c1. The molecule has 3 aromatic heterocycles. The number of pyridine rings is 1. The van der Waals surface area contributed by atoms with E-state index in [1.807, 2.05) is 28.4 Å². The Kier molecular flexibility index (Phi) is 7.54. The fourth-order valence-corrected chi connectivity index (χ4v) is 6.10. The molecule has 1 aliphatic heterocycles. The van der Waals surface area contributed by atoms with Crippen LogP contribution in [-0.2, 0) is 0 Å². The quantitative estimate of drug-likeness (QED) is 0.185. The van der Waals surface area contributed by atoms with Gasteiger partial charge < -0.3 is 16.0 Å². The highest BCUT2D eigenvalue weighted by atomic mass is 35.5. The molecule has 1 aliphatic rings. The van der Waals surface area contributed by atoms with E-state index in [4.69, 9.17) is 23.2 Å². The van der Waals surface area contributed by atoms with Crippen molar-refractivity contribution in [3.05, 3.63) is 92.2 Å². The fraction of sp³-hybridized carbons (Fsp3) is 0.214. The third-order valence-corrected chi connectivity index (χ3v) is 8.39. The van der Waals surface area contributed by atoms with E-state index in [-0.39, 0.29) is 11.1 Å². The third-order valence-electron chi connectivity index (χ3n) is 6.88. The number of nitrogens with one attached hydrogen (secondary N) is 3. The molecule has 3 N–H and O–H groups in total. The van der Waals surface area contributed by atoms with Crippen LogP contribution in [0.5, 0.6) is 0 Å². The largest absolute Gasteiger partial charge is 0.372 e. The monoisotopic (exact) mass is 592 g/mol. The van der Waals surface area contributed by atoms with E-state index < -0.39 is 5.82 Å². The van der Waals surface area contributed by atoms with Gasteiger partial charge in [0.1, 0.15) is 23.6 Å². The lowest BCUT2D eigenvalue weighted by atomic mass is 10.1. The van der Waals surface area contributed by atoms with Gasteiger partial charge in [-0.15, -0.1) is 16.4 Å². The van der Waals surface area contributed by atoms with E-state index >= 15 is 0 Å². The number of aromatic nitrogens is 4. The maximum atomic E-state index is 13.8. The van der Waals surface area contributed by atoms with Crippen molar-refractivity contribution in [2.75, 3.05) is 23.7 Å². The van der Waals surface area contributed by atoms with Crippen molar-refractivity contribution < 1.29 is 4.39 Å². The Hall–Kier alpha value is -3.75. The van der Waals surface area contributed by atoms with E-state index in [9.17, 15) is 9.65 Å². The first kappa shape index (κ1) is 26.5. The first-order valence-electron chi connectivity index (χ1n) is 12.7. The van der Waals surface area contributed by atoms with Gasteiger partial charge in [-0.3, -0.25) is 4.98 Å². The van der Waals surface area contributed by atoms with Crippen LogP contribution in [0.25, 0.3) is 10.9 Å². The van der Waals surface area contributed by atoms with E-state index in [1.165, 1.54) is 18.3 Å². The number of nitriles is 1. The van der Waals surface area contributed by atoms with Gasteiger partial charge in [-0.2, -0.15) is 5.26 Å². The molecule has 1 unspecified atom stereocenters. The molecule has 2 aromatic carbocycles. The molecule has 5 aromatic rings. The molecule has 0 saturated carbocycles. The average Bonchev–Trinajstić information content (AvgIpc) is 3.68. The summed E-state index contributed by atoms with van der Waals surface area (Å²) < 4.78 is 15.7. The lowest BCUT2D eigenvalue weighted by Gasteiger charge is -2.22. The van der Waals surface area contributed by atoms with Gasteiger partial charge in [0.05, 0.1) is 39.1 Å². The molecule has 12 heteroatoms. The summed E-state index contributed by atoms with van der Waals surface area (Å²) in [7, 11) is 0. The number of rotatable bonds is 7. The predicted octanol–water partition coefficient (Wildman–Crippen LogP) is 7.07. The second-order valence-electron chi connectivity index (χ2n) is 9.46. The minimum atomic E-state index is -0.529. The minimum absolute atomic E-state index is 0.0291. The van der Waals surface area contributed by atoms with Gasteiger partial charge in [-0.05, 0) is 67.7 Å². The Morgan fingerprint density at radius 2 is 1.95 bits per heavy atom. The zero-order valence-corrected chi connectivity index (χ0v) is 23.4. The van der Waals surface area contributed by atoms with E-state index in [1.54, 1.807) is 23.5 Å².